The Bertz CT molecular complexity index is 933. The zero-order valence-corrected chi connectivity index (χ0v) is 15.7. The van der Waals surface area contributed by atoms with Gasteiger partial charge in [0.25, 0.3) is 5.91 Å². The van der Waals surface area contributed by atoms with Crippen molar-refractivity contribution in [3.05, 3.63) is 75.9 Å². The van der Waals surface area contributed by atoms with Gasteiger partial charge in [-0.1, -0.05) is 24.3 Å². The van der Waals surface area contributed by atoms with Gasteiger partial charge in [0.05, 0.1) is 12.1 Å². The first-order chi connectivity index (χ1) is 12.9. The Hall–Kier alpha value is -2.45. The fourth-order valence-corrected chi connectivity index (χ4v) is 3.97. The molecule has 3 nitrogen and oxygen atoms in total. The number of aromatic nitrogens is 1. The maximum absolute atomic E-state index is 12.9. The molecule has 3 aromatic rings. The highest BCUT2D eigenvalue weighted by Crippen LogP contribution is 2.33. The van der Waals surface area contributed by atoms with Crippen LogP contribution in [0.5, 0.6) is 0 Å². The summed E-state index contributed by atoms with van der Waals surface area (Å²) in [6.45, 7) is 4.46. The van der Waals surface area contributed by atoms with Gasteiger partial charge in [0.15, 0.2) is 0 Å². The molecule has 0 saturated heterocycles. The molecule has 0 aliphatic carbocycles. The summed E-state index contributed by atoms with van der Waals surface area (Å²) in [5, 5.41) is 3.88. The monoisotopic (exact) mass is 408 g/mol. The number of amides is 1. The van der Waals surface area contributed by atoms with Gasteiger partial charge in [-0.05, 0) is 23.6 Å². The molecule has 3 rings (SSSR count). The van der Waals surface area contributed by atoms with Crippen molar-refractivity contribution >= 4 is 28.6 Å². The Morgan fingerprint density at radius 1 is 1.22 bits per heavy atom. The molecule has 0 saturated carbocycles. The molecule has 0 fully saturated rings. The summed E-state index contributed by atoms with van der Waals surface area (Å²) < 4.78 is 38.7. The topological polar surface area (TPSA) is 33.2 Å². The van der Waals surface area contributed by atoms with Crippen LogP contribution in [0.3, 0.4) is 0 Å². The minimum absolute atomic E-state index is 0.214. The van der Waals surface area contributed by atoms with Gasteiger partial charge in [-0.25, -0.2) is 4.98 Å². The molecule has 0 N–H and O–H groups in total. The number of hydrogen-bond donors (Lipinski definition) is 0. The van der Waals surface area contributed by atoms with Gasteiger partial charge >= 0.3 is 6.18 Å². The van der Waals surface area contributed by atoms with Gasteiger partial charge in [-0.2, -0.15) is 13.2 Å². The van der Waals surface area contributed by atoms with Gasteiger partial charge in [-0.3, -0.25) is 4.79 Å². The van der Waals surface area contributed by atoms with Crippen LogP contribution in [0, 0.1) is 0 Å². The average molecular weight is 408 g/mol. The van der Waals surface area contributed by atoms with Gasteiger partial charge in [0.2, 0.25) is 0 Å². The van der Waals surface area contributed by atoms with E-state index in [1.54, 1.807) is 33.8 Å². The summed E-state index contributed by atoms with van der Waals surface area (Å²) >= 11 is 2.69. The van der Waals surface area contributed by atoms with E-state index in [-0.39, 0.29) is 11.6 Å². The number of benzene rings is 1. The summed E-state index contributed by atoms with van der Waals surface area (Å²) in [6, 6.07) is 8.78. The molecule has 0 spiro atoms. The van der Waals surface area contributed by atoms with Crippen molar-refractivity contribution in [1.29, 1.82) is 0 Å². The Morgan fingerprint density at radius 3 is 2.70 bits per heavy atom. The molecule has 0 aliphatic rings. The second-order valence-corrected chi connectivity index (χ2v) is 7.56. The van der Waals surface area contributed by atoms with Crippen LogP contribution >= 0.6 is 22.7 Å². The molecule has 8 heteroatoms. The van der Waals surface area contributed by atoms with E-state index in [9.17, 15) is 18.0 Å². The predicted octanol–water partition coefficient (Wildman–Crippen LogP) is 5.72. The van der Waals surface area contributed by atoms with Crippen LogP contribution in [0.2, 0.25) is 0 Å². The van der Waals surface area contributed by atoms with E-state index in [4.69, 9.17) is 0 Å². The highest BCUT2D eigenvalue weighted by Gasteiger charge is 2.30. The van der Waals surface area contributed by atoms with Crippen molar-refractivity contribution < 1.29 is 18.0 Å². The molecule has 0 radical (unpaired) electrons. The lowest BCUT2D eigenvalue weighted by molar-refractivity contribution is -0.137. The largest absolute Gasteiger partial charge is 0.416 e. The molecule has 0 unspecified atom stereocenters. The number of halogens is 3. The normalized spacial score (nSPS) is 11.4. The molecule has 0 bridgehead atoms. The molecular weight excluding hydrogens is 393 g/mol. The number of thiazole rings is 1. The first-order valence-electron chi connectivity index (χ1n) is 7.94. The highest BCUT2D eigenvalue weighted by atomic mass is 32.1. The van der Waals surface area contributed by atoms with Crippen LogP contribution in [0.15, 0.2) is 59.8 Å². The van der Waals surface area contributed by atoms with E-state index in [0.717, 1.165) is 28.3 Å². The zero-order valence-electron chi connectivity index (χ0n) is 14.1. The SMILES string of the molecule is C=CCN(Cc1cccs1)C(=O)c1csc(-c2cccc(C(F)(F)F)c2)n1. The lowest BCUT2D eigenvalue weighted by atomic mass is 10.1. The first kappa shape index (κ1) is 19.3. The van der Waals surface area contributed by atoms with Crippen LogP contribution in [-0.4, -0.2) is 22.3 Å². The molecule has 0 atom stereocenters. The number of alkyl halides is 3. The number of hydrogen-bond acceptors (Lipinski definition) is 4. The molecule has 1 aromatic carbocycles. The van der Waals surface area contributed by atoms with Gasteiger partial charge < -0.3 is 4.90 Å². The van der Waals surface area contributed by atoms with E-state index in [0.29, 0.717) is 23.7 Å². The van der Waals surface area contributed by atoms with Crippen LogP contribution in [0.4, 0.5) is 13.2 Å². The predicted molar refractivity (Wildman–Crippen MR) is 102 cm³/mol. The van der Waals surface area contributed by atoms with E-state index in [1.165, 1.54) is 6.07 Å². The van der Waals surface area contributed by atoms with E-state index >= 15 is 0 Å². The third-order valence-electron chi connectivity index (χ3n) is 3.72. The standard InChI is InChI=1S/C19H15F3N2OS2/c1-2-8-24(11-15-7-4-9-26-15)18(25)16-12-27-17(23-16)13-5-3-6-14(10-13)19(20,21)22/h2-7,9-10,12H,1,8,11H2. The van der Waals surface area contributed by atoms with E-state index < -0.39 is 11.7 Å². The average Bonchev–Trinajstić information content (AvgIpc) is 3.32. The lowest BCUT2D eigenvalue weighted by Gasteiger charge is -2.19. The highest BCUT2D eigenvalue weighted by molar-refractivity contribution is 7.13. The molecular formula is C19H15F3N2OS2. The van der Waals surface area contributed by atoms with Gasteiger partial charge in [-0.15, -0.1) is 29.3 Å². The Kier molecular flexibility index (Phi) is 5.76. The maximum Gasteiger partial charge on any atom is 0.416 e. The maximum atomic E-state index is 12.9. The number of rotatable bonds is 6. The first-order valence-corrected chi connectivity index (χ1v) is 9.70. The van der Waals surface area contributed by atoms with Crippen molar-refractivity contribution in [3.8, 4) is 10.6 Å². The van der Waals surface area contributed by atoms with E-state index in [1.807, 2.05) is 17.5 Å². The van der Waals surface area contributed by atoms with Crippen LogP contribution < -0.4 is 0 Å². The molecule has 2 heterocycles. The second-order valence-electron chi connectivity index (χ2n) is 5.67. The molecule has 2 aromatic heterocycles. The van der Waals surface area contributed by atoms with Crippen LogP contribution in [0.25, 0.3) is 10.6 Å². The van der Waals surface area contributed by atoms with Crippen molar-refractivity contribution in [2.45, 2.75) is 12.7 Å². The molecule has 140 valence electrons. The smallest absolute Gasteiger partial charge is 0.328 e. The quantitative estimate of drug-likeness (QED) is 0.489. The van der Waals surface area contributed by atoms with Crippen molar-refractivity contribution in [1.82, 2.24) is 9.88 Å². The summed E-state index contributed by atoms with van der Waals surface area (Å²) in [5.41, 5.74) is -0.192. The van der Waals surface area contributed by atoms with Crippen molar-refractivity contribution in [2.75, 3.05) is 6.54 Å². The third-order valence-corrected chi connectivity index (χ3v) is 5.48. The molecule has 0 aliphatic heterocycles. The summed E-state index contributed by atoms with van der Waals surface area (Å²) in [5.74, 6) is -0.280. The summed E-state index contributed by atoms with van der Waals surface area (Å²) in [7, 11) is 0. The molecule has 27 heavy (non-hydrogen) atoms. The minimum atomic E-state index is -4.42. The lowest BCUT2D eigenvalue weighted by Crippen LogP contribution is -2.30. The number of carbonyl (C=O) groups is 1. The van der Waals surface area contributed by atoms with Crippen LogP contribution in [0.1, 0.15) is 20.9 Å². The third kappa shape index (κ3) is 4.64. The summed E-state index contributed by atoms with van der Waals surface area (Å²) in [6.07, 6.45) is -2.79. The van der Waals surface area contributed by atoms with Crippen molar-refractivity contribution in [2.24, 2.45) is 0 Å². The zero-order chi connectivity index (χ0) is 19.4. The number of thiophene rings is 1. The fourth-order valence-electron chi connectivity index (χ4n) is 2.46. The number of carbonyl (C=O) groups excluding carboxylic acids is 1. The second kappa shape index (κ2) is 8.06. The van der Waals surface area contributed by atoms with E-state index in [2.05, 4.69) is 11.6 Å². The van der Waals surface area contributed by atoms with Gasteiger partial charge in [0.1, 0.15) is 10.7 Å². The van der Waals surface area contributed by atoms with Crippen molar-refractivity contribution in [3.63, 3.8) is 0 Å². The Labute approximate surface area is 162 Å². The Balaban J connectivity index is 1.83. The Morgan fingerprint density at radius 2 is 2.04 bits per heavy atom. The fraction of sp³-hybridized carbons (Fsp3) is 0.158. The minimum Gasteiger partial charge on any atom is -0.328 e. The van der Waals surface area contributed by atoms with Crippen LogP contribution in [-0.2, 0) is 12.7 Å². The van der Waals surface area contributed by atoms with Gasteiger partial charge in [0, 0.05) is 22.4 Å². The summed E-state index contributed by atoms with van der Waals surface area (Å²) in [4.78, 5) is 19.7. The number of nitrogens with zero attached hydrogens (tertiary/aromatic N) is 2. The molecule has 1 amide bonds.